The van der Waals surface area contributed by atoms with Gasteiger partial charge in [0.1, 0.15) is 17.6 Å². The van der Waals surface area contributed by atoms with Crippen molar-refractivity contribution in [2.45, 2.75) is 32.7 Å². The van der Waals surface area contributed by atoms with Gasteiger partial charge in [0, 0.05) is 26.8 Å². The summed E-state index contributed by atoms with van der Waals surface area (Å²) >= 11 is 0. The molecule has 0 aliphatic rings. The van der Waals surface area contributed by atoms with Gasteiger partial charge in [-0.2, -0.15) is 0 Å². The molecule has 0 bridgehead atoms. The number of carbonyl (C=O) groups is 2. The van der Waals surface area contributed by atoms with Gasteiger partial charge in [-0.25, -0.2) is 9.78 Å². The Labute approximate surface area is 177 Å². The minimum atomic E-state index is -0.646. The molecule has 1 aromatic carbocycles. The van der Waals surface area contributed by atoms with E-state index in [2.05, 4.69) is 11.6 Å². The molecule has 0 fully saturated rings. The number of ether oxygens (including phenoxy) is 2. The first-order chi connectivity index (χ1) is 14.4. The molecule has 1 unspecified atom stereocenters. The molecule has 160 valence electrons. The van der Waals surface area contributed by atoms with Gasteiger partial charge in [-0.15, -0.1) is 0 Å². The number of benzene rings is 1. The van der Waals surface area contributed by atoms with Gasteiger partial charge in [0.25, 0.3) is 0 Å². The second kappa shape index (κ2) is 11.0. The summed E-state index contributed by atoms with van der Waals surface area (Å²) in [5, 5.41) is 0. The molecule has 2 rings (SSSR count). The molecule has 0 radical (unpaired) electrons. The van der Waals surface area contributed by atoms with Crippen molar-refractivity contribution in [2.24, 2.45) is 0 Å². The van der Waals surface area contributed by atoms with Gasteiger partial charge in [0.15, 0.2) is 12.2 Å². The van der Waals surface area contributed by atoms with E-state index in [0.717, 1.165) is 22.8 Å². The van der Waals surface area contributed by atoms with Crippen LogP contribution in [0.2, 0.25) is 0 Å². The zero-order chi connectivity index (χ0) is 22.1. The minimum Gasteiger partial charge on any atom is -0.493 e. The van der Waals surface area contributed by atoms with Crippen LogP contribution in [0.1, 0.15) is 23.9 Å². The van der Waals surface area contributed by atoms with Crippen molar-refractivity contribution in [1.29, 1.82) is 0 Å². The lowest BCUT2D eigenvalue weighted by Gasteiger charge is -2.29. The van der Waals surface area contributed by atoms with E-state index in [9.17, 15) is 9.59 Å². The number of methoxy groups -OCH3 is 1. The highest BCUT2D eigenvalue weighted by Gasteiger charge is 2.27. The molecule has 1 atom stereocenters. The number of allylic oxidation sites excluding steroid dienone is 3. The van der Waals surface area contributed by atoms with Gasteiger partial charge in [-0.05, 0) is 30.7 Å². The topological polar surface area (TPSA) is 81.9 Å². The molecular weight excluding hydrogens is 384 g/mol. The van der Waals surface area contributed by atoms with Gasteiger partial charge >= 0.3 is 5.97 Å². The third-order valence-electron chi connectivity index (χ3n) is 4.76. The Morgan fingerprint density at radius 3 is 2.53 bits per heavy atom. The number of hydrogen-bond acceptors (Lipinski definition) is 7. The maximum absolute atomic E-state index is 12.4. The van der Waals surface area contributed by atoms with Crippen LogP contribution >= 0.6 is 0 Å². The summed E-state index contributed by atoms with van der Waals surface area (Å²) in [5.41, 5.74) is 2.19. The number of carbonyl (C=O) groups excluding carboxylic acids is 2. The van der Waals surface area contributed by atoms with Crippen molar-refractivity contribution in [3.05, 3.63) is 72.1 Å². The number of likely N-dealkylation sites (N-methyl/N-ethyl adjacent to an activating group) is 1. The fraction of sp³-hybridized carbons (Fsp3) is 0.348. The van der Waals surface area contributed by atoms with Crippen LogP contribution in [-0.4, -0.2) is 48.4 Å². The lowest BCUT2D eigenvalue weighted by atomic mass is 10.0. The van der Waals surface area contributed by atoms with E-state index in [0.29, 0.717) is 25.1 Å². The molecule has 0 N–H and O–H groups in total. The van der Waals surface area contributed by atoms with Crippen LogP contribution < -0.4 is 4.74 Å². The molecule has 0 spiro atoms. The average Bonchev–Trinajstić information content (AvgIpc) is 3.14. The van der Waals surface area contributed by atoms with E-state index in [1.807, 2.05) is 31.2 Å². The summed E-state index contributed by atoms with van der Waals surface area (Å²) in [6, 6.07) is 6.85. The summed E-state index contributed by atoms with van der Waals surface area (Å²) in [4.78, 5) is 30.1. The Balaban J connectivity index is 2.04. The molecular formula is C23H28N2O5. The highest BCUT2D eigenvalue weighted by Crippen LogP contribution is 2.18. The number of Topliss-reactive ketones (excluding diaryl/α,β-unsaturated/α-hetero) is 1. The molecule has 0 saturated carbocycles. The highest BCUT2D eigenvalue weighted by atomic mass is 16.5. The maximum Gasteiger partial charge on any atom is 0.328 e. The van der Waals surface area contributed by atoms with Gasteiger partial charge in [0.2, 0.25) is 0 Å². The average molecular weight is 412 g/mol. The molecule has 7 nitrogen and oxygen atoms in total. The van der Waals surface area contributed by atoms with E-state index in [-0.39, 0.29) is 5.78 Å². The number of nitrogens with zero attached hydrogens (tertiary/aromatic N) is 2. The monoisotopic (exact) mass is 412 g/mol. The first-order valence-electron chi connectivity index (χ1n) is 9.62. The number of hydrogen-bond donors (Lipinski definition) is 0. The number of rotatable bonds is 11. The first kappa shape index (κ1) is 22.9. The Hall–Kier alpha value is -3.35. The van der Waals surface area contributed by atoms with Gasteiger partial charge in [-0.3, -0.25) is 4.79 Å². The Bertz CT molecular complexity index is 899. The number of ketones is 1. The number of aryl methyl sites for hydroxylation is 1. The molecule has 2 aromatic rings. The second-order valence-electron chi connectivity index (χ2n) is 6.80. The lowest BCUT2D eigenvalue weighted by molar-refractivity contribution is -0.145. The summed E-state index contributed by atoms with van der Waals surface area (Å²) in [6.07, 6.45) is 5.57. The van der Waals surface area contributed by atoms with E-state index in [4.69, 9.17) is 13.9 Å². The van der Waals surface area contributed by atoms with E-state index >= 15 is 0 Å². The zero-order valence-corrected chi connectivity index (χ0v) is 17.9. The van der Waals surface area contributed by atoms with Crippen LogP contribution in [-0.2, 0) is 27.2 Å². The quantitative estimate of drug-likeness (QED) is 0.318. The SMILES string of the molecule is C=C/C=C(/C(C)=O)N(C)C(Cc1ccc(OCCc2ncoc2C)cc1)C(=O)OC. The summed E-state index contributed by atoms with van der Waals surface area (Å²) < 4.78 is 15.9. The van der Waals surface area contributed by atoms with Crippen molar-refractivity contribution < 1.29 is 23.5 Å². The van der Waals surface area contributed by atoms with Crippen LogP contribution in [0.15, 0.2) is 59.5 Å². The van der Waals surface area contributed by atoms with Crippen molar-refractivity contribution in [3.63, 3.8) is 0 Å². The largest absolute Gasteiger partial charge is 0.493 e. The van der Waals surface area contributed by atoms with Crippen molar-refractivity contribution in [1.82, 2.24) is 9.88 Å². The van der Waals surface area contributed by atoms with Crippen LogP contribution in [0, 0.1) is 6.92 Å². The zero-order valence-electron chi connectivity index (χ0n) is 17.9. The van der Waals surface area contributed by atoms with Crippen LogP contribution in [0.25, 0.3) is 0 Å². The van der Waals surface area contributed by atoms with E-state index in [1.54, 1.807) is 18.0 Å². The van der Waals surface area contributed by atoms with Crippen molar-refractivity contribution >= 4 is 11.8 Å². The second-order valence-corrected chi connectivity index (χ2v) is 6.80. The Morgan fingerprint density at radius 1 is 1.30 bits per heavy atom. The molecule has 0 amide bonds. The predicted molar refractivity (Wildman–Crippen MR) is 113 cm³/mol. The number of oxazole rings is 1. The third kappa shape index (κ3) is 6.07. The maximum atomic E-state index is 12.4. The van der Waals surface area contributed by atoms with Gasteiger partial charge in [-0.1, -0.05) is 24.8 Å². The smallest absolute Gasteiger partial charge is 0.328 e. The predicted octanol–water partition coefficient (Wildman–Crippen LogP) is 3.28. The fourth-order valence-electron chi connectivity index (χ4n) is 3.06. The van der Waals surface area contributed by atoms with E-state index in [1.165, 1.54) is 26.5 Å². The van der Waals surface area contributed by atoms with Crippen molar-refractivity contribution in [3.8, 4) is 5.75 Å². The molecule has 1 heterocycles. The van der Waals surface area contributed by atoms with Gasteiger partial charge in [0.05, 0.1) is 25.1 Å². The normalized spacial score (nSPS) is 12.2. The molecule has 0 aliphatic carbocycles. The van der Waals surface area contributed by atoms with Crippen molar-refractivity contribution in [2.75, 3.05) is 20.8 Å². The standard InChI is InChI=1S/C23H28N2O5/c1-6-7-21(16(2)26)25(4)22(23(27)28-5)14-18-8-10-19(11-9-18)29-13-12-20-17(3)30-15-24-20/h6-11,15,22H,1,12-14H2,2-5H3/b21-7-. The molecule has 7 heteroatoms. The third-order valence-corrected chi connectivity index (χ3v) is 4.76. The summed E-state index contributed by atoms with van der Waals surface area (Å²) in [5.74, 6) is 0.940. The minimum absolute atomic E-state index is 0.155. The van der Waals surface area contributed by atoms with E-state index < -0.39 is 12.0 Å². The molecule has 0 aliphatic heterocycles. The first-order valence-corrected chi connectivity index (χ1v) is 9.62. The molecule has 0 saturated heterocycles. The lowest BCUT2D eigenvalue weighted by Crippen LogP contribution is -2.41. The molecule has 30 heavy (non-hydrogen) atoms. The van der Waals surface area contributed by atoms with Crippen LogP contribution in [0.4, 0.5) is 0 Å². The summed E-state index contributed by atoms with van der Waals surface area (Å²) in [6.45, 7) is 7.43. The number of aromatic nitrogens is 1. The van der Waals surface area contributed by atoms with Crippen LogP contribution in [0.3, 0.4) is 0 Å². The highest BCUT2D eigenvalue weighted by molar-refractivity contribution is 5.93. The van der Waals surface area contributed by atoms with Crippen LogP contribution in [0.5, 0.6) is 5.75 Å². The van der Waals surface area contributed by atoms with Gasteiger partial charge < -0.3 is 18.8 Å². The summed E-state index contributed by atoms with van der Waals surface area (Å²) in [7, 11) is 3.03. The number of esters is 1. The Morgan fingerprint density at radius 2 is 2.00 bits per heavy atom. The fourth-order valence-corrected chi connectivity index (χ4v) is 3.06. The Kier molecular flexibility index (Phi) is 8.41. The molecule has 1 aromatic heterocycles.